The third kappa shape index (κ3) is 4.66. The Kier molecular flexibility index (Phi) is 6.21. The summed E-state index contributed by atoms with van der Waals surface area (Å²) < 4.78 is 0. The van der Waals surface area contributed by atoms with Gasteiger partial charge >= 0.3 is 0 Å². The van der Waals surface area contributed by atoms with Crippen LogP contribution in [0, 0.1) is 11.8 Å². The van der Waals surface area contributed by atoms with E-state index >= 15 is 0 Å². The summed E-state index contributed by atoms with van der Waals surface area (Å²) in [5, 5.41) is 18.3. The van der Waals surface area contributed by atoms with Gasteiger partial charge in [0.25, 0.3) is 0 Å². The number of ketones is 1. The van der Waals surface area contributed by atoms with Crippen LogP contribution in [-0.4, -0.2) is 28.2 Å². The summed E-state index contributed by atoms with van der Waals surface area (Å²) in [7, 11) is 0. The van der Waals surface area contributed by atoms with Gasteiger partial charge < -0.3 is 10.2 Å². The monoisotopic (exact) mass is 184 g/mol. The third-order valence-corrected chi connectivity index (χ3v) is 1.64. The van der Waals surface area contributed by atoms with Crippen LogP contribution >= 0.6 is 0 Å². The van der Waals surface area contributed by atoms with Crippen LogP contribution in [-0.2, 0) is 4.79 Å². The lowest BCUT2D eigenvalue weighted by Gasteiger charge is -2.10. The SMILES string of the molecule is CCCC#CC(=O)[C@H](O)[C@@H](O)CC. The van der Waals surface area contributed by atoms with Crippen molar-refractivity contribution < 1.29 is 15.0 Å². The van der Waals surface area contributed by atoms with Gasteiger partial charge in [-0.25, -0.2) is 0 Å². The molecule has 0 amide bonds. The van der Waals surface area contributed by atoms with Crippen LogP contribution in [0.4, 0.5) is 0 Å². The lowest BCUT2D eigenvalue weighted by molar-refractivity contribution is -0.127. The van der Waals surface area contributed by atoms with Crippen molar-refractivity contribution in [3.63, 3.8) is 0 Å². The molecule has 0 aliphatic heterocycles. The fourth-order valence-electron chi connectivity index (χ4n) is 0.747. The van der Waals surface area contributed by atoms with Crippen molar-refractivity contribution in [1.29, 1.82) is 0 Å². The smallest absolute Gasteiger partial charge is 0.236 e. The average Bonchev–Trinajstić information content (AvgIpc) is 2.15. The lowest BCUT2D eigenvalue weighted by atomic mass is 10.1. The normalized spacial score (nSPS) is 14.2. The van der Waals surface area contributed by atoms with Gasteiger partial charge in [-0.05, 0) is 18.8 Å². The first kappa shape index (κ1) is 12.2. The van der Waals surface area contributed by atoms with Gasteiger partial charge in [-0.3, -0.25) is 4.79 Å². The largest absolute Gasteiger partial charge is 0.390 e. The molecule has 13 heavy (non-hydrogen) atoms. The number of aliphatic hydroxyl groups excluding tert-OH is 2. The predicted molar refractivity (Wildman–Crippen MR) is 50.0 cm³/mol. The molecule has 0 aromatic carbocycles. The molecule has 2 N–H and O–H groups in total. The first-order chi connectivity index (χ1) is 6.13. The van der Waals surface area contributed by atoms with Crippen molar-refractivity contribution in [2.45, 2.75) is 45.3 Å². The van der Waals surface area contributed by atoms with Crippen molar-refractivity contribution in [2.24, 2.45) is 0 Å². The molecule has 3 nitrogen and oxygen atoms in total. The Bertz CT molecular complexity index is 212. The van der Waals surface area contributed by atoms with E-state index in [1.165, 1.54) is 0 Å². The van der Waals surface area contributed by atoms with Gasteiger partial charge in [-0.15, -0.1) is 0 Å². The fraction of sp³-hybridized carbons (Fsp3) is 0.700. The zero-order valence-corrected chi connectivity index (χ0v) is 8.08. The van der Waals surface area contributed by atoms with Crippen LogP contribution in [0.25, 0.3) is 0 Å². The topological polar surface area (TPSA) is 57.5 Å². The van der Waals surface area contributed by atoms with E-state index in [1.807, 2.05) is 6.92 Å². The Labute approximate surface area is 78.8 Å². The maximum Gasteiger partial charge on any atom is 0.236 e. The van der Waals surface area contributed by atoms with Crippen LogP contribution < -0.4 is 0 Å². The number of carbonyl (C=O) groups excluding carboxylic acids is 1. The minimum atomic E-state index is -1.35. The molecule has 0 rings (SSSR count). The quantitative estimate of drug-likeness (QED) is 0.494. The second kappa shape index (κ2) is 6.64. The Balaban J connectivity index is 4.05. The summed E-state index contributed by atoms with van der Waals surface area (Å²) in [6, 6.07) is 0. The molecule has 0 aromatic heterocycles. The molecule has 0 saturated heterocycles. The highest BCUT2D eigenvalue weighted by atomic mass is 16.3. The number of unbranched alkanes of at least 4 members (excludes halogenated alkanes) is 1. The van der Waals surface area contributed by atoms with E-state index in [9.17, 15) is 9.90 Å². The summed E-state index contributed by atoms with van der Waals surface area (Å²) in [5.41, 5.74) is 0. The minimum absolute atomic E-state index is 0.350. The zero-order chi connectivity index (χ0) is 10.3. The van der Waals surface area contributed by atoms with Gasteiger partial charge in [0, 0.05) is 6.42 Å². The van der Waals surface area contributed by atoms with Gasteiger partial charge in [-0.1, -0.05) is 19.8 Å². The first-order valence-electron chi connectivity index (χ1n) is 4.52. The highest BCUT2D eigenvalue weighted by Gasteiger charge is 2.20. The van der Waals surface area contributed by atoms with E-state index in [2.05, 4.69) is 11.8 Å². The number of Topliss-reactive ketones (excluding diaryl/α,β-unsaturated/α-hetero) is 1. The van der Waals surface area contributed by atoms with E-state index in [0.29, 0.717) is 12.8 Å². The van der Waals surface area contributed by atoms with E-state index in [-0.39, 0.29) is 0 Å². The molecule has 2 atom stereocenters. The van der Waals surface area contributed by atoms with Gasteiger partial charge in [0.2, 0.25) is 5.78 Å². The maximum absolute atomic E-state index is 11.0. The highest BCUT2D eigenvalue weighted by Crippen LogP contribution is 1.98. The van der Waals surface area contributed by atoms with Crippen molar-refractivity contribution in [2.75, 3.05) is 0 Å². The Morgan fingerprint density at radius 2 is 2.00 bits per heavy atom. The fourth-order valence-corrected chi connectivity index (χ4v) is 0.747. The van der Waals surface area contributed by atoms with E-state index < -0.39 is 18.0 Å². The molecule has 3 heteroatoms. The third-order valence-electron chi connectivity index (χ3n) is 1.64. The van der Waals surface area contributed by atoms with Crippen molar-refractivity contribution in [3.8, 4) is 11.8 Å². The summed E-state index contributed by atoms with van der Waals surface area (Å²) in [6.45, 7) is 3.65. The minimum Gasteiger partial charge on any atom is -0.390 e. The molecule has 0 heterocycles. The molecule has 0 bridgehead atoms. The van der Waals surface area contributed by atoms with Crippen molar-refractivity contribution in [1.82, 2.24) is 0 Å². The summed E-state index contributed by atoms with van der Waals surface area (Å²) >= 11 is 0. The highest BCUT2D eigenvalue weighted by molar-refractivity contribution is 5.99. The molecule has 74 valence electrons. The summed E-state index contributed by atoms with van der Waals surface area (Å²) in [4.78, 5) is 11.0. The molecule has 0 aliphatic rings. The molecule has 0 unspecified atom stereocenters. The molecular weight excluding hydrogens is 168 g/mol. The number of rotatable bonds is 4. The summed E-state index contributed by atoms with van der Waals surface area (Å²) in [6.07, 6.45) is -0.478. The van der Waals surface area contributed by atoms with Crippen LogP contribution in [0.15, 0.2) is 0 Å². The molecular formula is C10H16O3. The number of carbonyl (C=O) groups is 1. The molecule has 0 aliphatic carbocycles. The standard InChI is InChI=1S/C10H16O3/c1-3-5-6-7-9(12)10(13)8(11)4-2/h8,10-11,13H,3-5H2,1-2H3/t8-,10+/m0/s1. The van der Waals surface area contributed by atoms with Crippen LogP contribution in [0.3, 0.4) is 0 Å². The molecule has 0 radical (unpaired) electrons. The lowest BCUT2D eigenvalue weighted by Crippen LogP contribution is -2.32. The van der Waals surface area contributed by atoms with Gasteiger partial charge in [0.15, 0.2) is 6.10 Å². The van der Waals surface area contributed by atoms with Gasteiger partial charge in [0.1, 0.15) is 0 Å². The predicted octanol–water partition coefficient (Wildman–Crippen LogP) is 0.491. The second-order valence-corrected chi connectivity index (χ2v) is 2.84. The van der Waals surface area contributed by atoms with Crippen LogP contribution in [0.1, 0.15) is 33.1 Å². The average molecular weight is 184 g/mol. The zero-order valence-electron chi connectivity index (χ0n) is 8.08. The van der Waals surface area contributed by atoms with Crippen LogP contribution in [0.5, 0.6) is 0 Å². The van der Waals surface area contributed by atoms with Crippen LogP contribution in [0.2, 0.25) is 0 Å². The molecule has 0 spiro atoms. The van der Waals surface area contributed by atoms with E-state index in [4.69, 9.17) is 5.11 Å². The Morgan fingerprint density at radius 3 is 2.46 bits per heavy atom. The Hall–Kier alpha value is -0.850. The van der Waals surface area contributed by atoms with E-state index in [1.54, 1.807) is 6.92 Å². The van der Waals surface area contributed by atoms with Gasteiger partial charge in [0.05, 0.1) is 6.10 Å². The van der Waals surface area contributed by atoms with E-state index in [0.717, 1.165) is 6.42 Å². The Morgan fingerprint density at radius 1 is 1.38 bits per heavy atom. The first-order valence-corrected chi connectivity index (χ1v) is 4.52. The molecule has 0 aromatic rings. The maximum atomic E-state index is 11.0. The van der Waals surface area contributed by atoms with Crippen molar-refractivity contribution in [3.05, 3.63) is 0 Å². The second-order valence-electron chi connectivity index (χ2n) is 2.84. The molecule has 0 fully saturated rings. The number of aliphatic hydroxyl groups is 2. The number of hydrogen-bond acceptors (Lipinski definition) is 3. The summed E-state index contributed by atoms with van der Waals surface area (Å²) in [5.74, 6) is 4.33. The van der Waals surface area contributed by atoms with Crippen molar-refractivity contribution >= 4 is 5.78 Å². The van der Waals surface area contributed by atoms with Gasteiger partial charge in [-0.2, -0.15) is 0 Å². The molecule has 0 saturated carbocycles. The number of hydrogen-bond donors (Lipinski definition) is 2.